The van der Waals surface area contributed by atoms with Crippen LogP contribution in [0.4, 0.5) is 0 Å². The topological polar surface area (TPSA) is 62.7 Å². The Morgan fingerprint density at radius 2 is 2.10 bits per heavy atom. The molecule has 0 unspecified atom stereocenters. The molecule has 0 radical (unpaired) electrons. The number of morpholine rings is 1. The van der Waals surface area contributed by atoms with E-state index in [0.717, 1.165) is 31.9 Å². The van der Waals surface area contributed by atoms with Crippen LogP contribution in [0.5, 0.6) is 5.75 Å². The Morgan fingerprint density at radius 3 is 2.81 bits per heavy atom. The summed E-state index contributed by atoms with van der Waals surface area (Å²) in [6.45, 7) is 5.35. The van der Waals surface area contributed by atoms with Crippen LogP contribution in [0.3, 0.4) is 0 Å². The zero-order valence-corrected chi connectivity index (χ0v) is 12.0. The van der Waals surface area contributed by atoms with Crippen LogP contribution in [0.2, 0.25) is 0 Å². The van der Waals surface area contributed by atoms with Crippen LogP contribution < -0.4 is 0 Å². The molecule has 1 aromatic heterocycles. The SMILES string of the molecule is CC(=O)c1ccnc2c(O)c(CN3CCOCC3)ccc12. The molecule has 3 rings (SSSR count). The first kappa shape index (κ1) is 14.0. The number of aromatic hydroxyl groups is 1. The van der Waals surface area contributed by atoms with E-state index >= 15 is 0 Å². The van der Waals surface area contributed by atoms with Crippen molar-refractivity contribution in [3.8, 4) is 5.75 Å². The van der Waals surface area contributed by atoms with Crippen molar-refractivity contribution in [2.75, 3.05) is 26.3 Å². The number of phenols is 1. The smallest absolute Gasteiger partial charge is 0.160 e. The maximum absolute atomic E-state index is 11.6. The van der Waals surface area contributed by atoms with Crippen LogP contribution in [0.25, 0.3) is 10.9 Å². The molecule has 0 saturated carbocycles. The molecule has 1 fully saturated rings. The van der Waals surface area contributed by atoms with Crippen molar-refractivity contribution in [2.24, 2.45) is 0 Å². The summed E-state index contributed by atoms with van der Waals surface area (Å²) in [6, 6.07) is 5.43. The van der Waals surface area contributed by atoms with E-state index in [1.54, 1.807) is 12.3 Å². The number of pyridine rings is 1. The van der Waals surface area contributed by atoms with Gasteiger partial charge in [-0.2, -0.15) is 0 Å². The van der Waals surface area contributed by atoms with Crippen molar-refractivity contribution in [3.05, 3.63) is 35.5 Å². The summed E-state index contributed by atoms with van der Waals surface area (Å²) in [4.78, 5) is 18.1. The average Bonchev–Trinajstić information content (AvgIpc) is 2.50. The quantitative estimate of drug-likeness (QED) is 0.874. The first-order valence-electron chi connectivity index (χ1n) is 7.07. The highest BCUT2D eigenvalue weighted by Gasteiger charge is 2.16. The summed E-state index contributed by atoms with van der Waals surface area (Å²) < 4.78 is 5.33. The van der Waals surface area contributed by atoms with Crippen molar-refractivity contribution in [3.63, 3.8) is 0 Å². The summed E-state index contributed by atoms with van der Waals surface area (Å²) in [6.07, 6.45) is 1.57. The predicted molar refractivity (Wildman–Crippen MR) is 79.5 cm³/mol. The van der Waals surface area contributed by atoms with Gasteiger partial charge in [0.15, 0.2) is 5.78 Å². The third kappa shape index (κ3) is 2.75. The third-order valence-corrected chi connectivity index (χ3v) is 3.85. The molecule has 5 heteroatoms. The maximum Gasteiger partial charge on any atom is 0.160 e. The molecular formula is C16H18N2O3. The zero-order valence-electron chi connectivity index (χ0n) is 12.0. The number of hydrogen-bond donors (Lipinski definition) is 1. The number of aromatic nitrogens is 1. The van der Waals surface area contributed by atoms with Crippen molar-refractivity contribution < 1.29 is 14.6 Å². The number of nitrogens with zero attached hydrogens (tertiary/aromatic N) is 2. The molecule has 1 aliphatic heterocycles. The number of ether oxygens (including phenoxy) is 1. The Bertz CT molecular complexity index is 679. The van der Waals surface area contributed by atoms with E-state index in [9.17, 15) is 9.90 Å². The lowest BCUT2D eigenvalue weighted by molar-refractivity contribution is 0.0339. The van der Waals surface area contributed by atoms with Gasteiger partial charge in [-0.3, -0.25) is 14.7 Å². The van der Waals surface area contributed by atoms with Gasteiger partial charge in [0.25, 0.3) is 0 Å². The lowest BCUT2D eigenvalue weighted by Crippen LogP contribution is -2.35. The number of carbonyl (C=O) groups excluding carboxylic acids is 1. The normalized spacial score (nSPS) is 16.2. The second-order valence-corrected chi connectivity index (χ2v) is 5.27. The number of benzene rings is 1. The van der Waals surface area contributed by atoms with Gasteiger partial charge >= 0.3 is 0 Å². The van der Waals surface area contributed by atoms with Crippen LogP contribution in [0, 0.1) is 0 Å². The van der Waals surface area contributed by atoms with Crippen molar-refractivity contribution >= 4 is 16.7 Å². The van der Waals surface area contributed by atoms with Gasteiger partial charge in [-0.25, -0.2) is 0 Å². The standard InChI is InChI=1S/C16H18N2O3/c1-11(19)13-4-5-17-15-14(13)3-2-12(16(15)20)10-18-6-8-21-9-7-18/h2-5,20H,6-10H2,1H3. The van der Waals surface area contributed by atoms with Crippen LogP contribution in [-0.4, -0.2) is 47.1 Å². The van der Waals surface area contributed by atoms with Gasteiger partial charge in [0.2, 0.25) is 0 Å². The molecule has 1 N–H and O–H groups in total. The fourth-order valence-corrected chi connectivity index (χ4v) is 2.68. The predicted octanol–water partition coefficient (Wildman–Crippen LogP) is 1.98. The highest BCUT2D eigenvalue weighted by atomic mass is 16.5. The highest BCUT2D eigenvalue weighted by Crippen LogP contribution is 2.30. The summed E-state index contributed by atoms with van der Waals surface area (Å²) in [5.41, 5.74) is 1.92. The Labute approximate surface area is 123 Å². The van der Waals surface area contributed by atoms with E-state index in [-0.39, 0.29) is 11.5 Å². The second kappa shape index (κ2) is 5.79. The lowest BCUT2D eigenvalue weighted by atomic mass is 10.0. The van der Waals surface area contributed by atoms with E-state index < -0.39 is 0 Å². The monoisotopic (exact) mass is 286 g/mol. The zero-order chi connectivity index (χ0) is 14.8. The molecule has 1 saturated heterocycles. The maximum atomic E-state index is 11.6. The Kier molecular flexibility index (Phi) is 3.86. The van der Waals surface area contributed by atoms with Gasteiger partial charge in [-0.1, -0.05) is 12.1 Å². The molecule has 0 aliphatic carbocycles. The molecule has 5 nitrogen and oxygen atoms in total. The molecule has 1 aliphatic rings. The molecule has 0 atom stereocenters. The largest absolute Gasteiger partial charge is 0.505 e. The highest BCUT2D eigenvalue weighted by molar-refractivity contribution is 6.07. The van der Waals surface area contributed by atoms with Crippen molar-refractivity contribution in [1.82, 2.24) is 9.88 Å². The molecule has 0 bridgehead atoms. The van der Waals surface area contributed by atoms with Gasteiger partial charge in [0, 0.05) is 42.3 Å². The average molecular weight is 286 g/mol. The molecule has 21 heavy (non-hydrogen) atoms. The molecular weight excluding hydrogens is 268 g/mol. The van der Waals surface area contributed by atoms with Gasteiger partial charge in [-0.15, -0.1) is 0 Å². The summed E-state index contributed by atoms with van der Waals surface area (Å²) in [5, 5.41) is 11.2. The Hall–Kier alpha value is -1.98. The van der Waals surface area contributed by atoms with E-state index in [1.165, 1.54) is 6.92 Å². The van der Waals surface area contributed by atoms with Crippen LogP contribution in [0.15, 0.2) is 24.4 Å². The fraction of sp³-hybridized carbons (Fsp3) is 0.375. The fourth-order valence-electron chi connectivity index (χ4n) is 2.68. The number of Topliss-reactive ketones (excluding diaryl/α,β-unsaturated/α-hetero) is 1. The van der Waals surface area contributed by atoms with Crippen LogP contribution in [-0.2, 0) is 11.3 Å². The minimum Gasteiger partial charge on any atom is -0.505 e. The van der Waals surface area contributed by atoms with Crippen molar-refractivity contribution in [1.29, 1.82) is 0 Å². The van der Waals surface area contributed by atoms with Gasteiger partial charge < -0.3 is 9.84 Å². The minimum absolute atomic E-state index is 0.0253. The van der Waals surface area contributed by atoms with E-state index in [4.69, 9.17) is 4.74 Å². The van der Waals surface area contributed by atoms with Crippen LogP contribution in [0.1, 0.15) is 22.8 Å². The molecule has 2 heterocycles. The van der Waals surface area contributed by atoms with E-state index in [2.05, 4.69) is 9.88 Å². The Balaban J connectivity index is 1.98. The molecule has 1 aromatic carbocycles. The minimum atomic E-state index is -0.0253. The molecule has 0 amide bonds. The number of rotatable bonds is 3. The van der Waals surface area contributed by atoms with Gasteiger partial charge in [0.05, 0.1) is 13.2 Å². The Morgan fingerprint density at radius 1 is 1.33 bits per heavy atom. The van der Waals surface area contributed by atoms with Crippen LogP contribution >= 0.6 is 0 Å². The summed E-state index contributed by atoms with van der Waals surface area (Å²) >= 11 is 0. The lowest BCUT2D eigenvalue weighted by Gasteiger charge is -2.26. The van der Waals surface area contributed by atoms with Gasteiger partial charge in [0.1, 0.15) is 11.3 Å². The number of ketones is 1. The van der Waals surface area contributed by atoms with E-state index in [0.29, 0.717) is 23.0 Å². The second-order valence-electron chi connectivity index (χ2n) is 5.27. The first-order valence-corrected chi connectivity index (χ1v) is 7.07. The number of fused-ring (bicyclic) bond motifs is 1. The summed E-state index contributed by atoms with van der Waals surface area (Å²) in [5.74, 6) is 0.143. The third-order valence-electron chi connectivity index (χ3n) is 3.85. The molecule has 110 valence electrons. The van der Waals surface area contributed by atoms with Gasteiger partial charge in [-0.05, 0) is 13.0 Å². The number of carbonyl (C=O) groups is 1. The number of hydrogen-bond acceptors (Lipinski definition) is 5. The van der Waals surface area contributed by atoms with Crippen molar-refractivity contribution in [2.45, 2.75) is 13.5 Å². The number of phenolic OH excluding ortho intramolecular Hbond substituents is 1. The first-order chi connectivity index (χ1) is 10.2. The summed E-state index contributed by atoms with van der Waals surface area (Å²) in [7, 11) is 0. The molecule has 2 aromatic rings. The van der Waals surface area contributed by atoms with E-state index in [1.807, 2.05) is 12.1 Å². The molecule has 0 spiro atoms.